The van der Waals surface area contributed by atoms with E-state index in [2.05, 4.69) is 4.98 Å². The average molecular weight is 328 g/mol. The SMILES string of the molecule is O=C1CCCN1[C@@H](c1ccccn1)[C@H](OCCF)c1ccccc1. The third kappa shape index (κ3) is 3.62. The molecule has 4 nitrogen and oxygen atoms in total. The summed E-state index contributed by atoms with van der Waals surface area (Å²) in [5.41, 5.74) is 1.68. The van der Waals surface area contributed by atoms with Crippen molar-refractivity contribution in [3.05, 3.63) is 66.0 Å². The number of aromatic nitrogens is 1. The van der Waals surface area contributed by atoms with Crippen molar-refractivity contribution < 1.29 is 13.9 Å². The van der Waals surface area contributed by atoms with E-state index in [-0.39, 0.29) is 18.6 Å². The van der Waals surface area contributed by atoms with Crippen molar-refractivity contribution in [3.8, 4) is 0 Å². The molecule has 0 aliphatic carbocycles. The van der Waals surface area contributed by atoms with Crippen LogP contribution in [0.4, 0.5) is 4.39 Å². The molecule has 1 aromatic carbocycles. The molecule has 5 heteroatoms. The fourth-order valence-corrected chi connectivity index (χ4v) is 3.18. The third-order valence-corrected chi connectivity index (χ3v) is 4.23. The van der Waals surface area contributed by atoms with Crippen LogP contribution in [0.2, 0.25) is 0 Å². The molecule has 2 atom stereocenters. The predicted octanol–water partition coefficient (Wildman–Crippen LogP) is 3.47. The number of hydrogen-bond donors (Lipinski definition) is 0. The quantitative estimate of drug-likeness (QED) is 0.781. The molecule has 3 rings (SSSR count). The zero-order valence-electron chi connectivity index (χ0n) is 13.5. The lowest BCUT2D eigenvalue weighted by Crippen LogP contribution is -2.35. The van der Waals surface area contributed by atoms with Gasteiger partial charge in [0.05, 0.1) is 12.3 Å². The Labute approximate surface area is 141 Å². The molecule has 2 heterocycles. The van der Waals surface area contributed by atoms with Gasteiger partial charge in [-0.3, -0.25) is 9.78 Å². The minimum Gasteiger partial charge on any atom is -0.368 e. The van der Waals surface area contributed by atoms with Crippen molar-refractivity contribution in [1.82, 2.24) is 9.88 Å². The van der Waals surface area contributed by atoms with Crippen LogP contribution in [0.3, 0.4) is 0 Å². The molecule has 0 radical (unpaired) electrons. The van der Waals surface area contributed by atoms with Gasteiger partial charge in [-0.05, 0) is 24.1 Å². The molecule has 1 saturated heterocycles. The Balaban J connectivity index is 2.01. The monoisotopic (exact) mass is 328 g/mol. The first-order chi connectivity index (χ1) is 11.8. The second-order valence-electron chi connectivity index (χ2n) is 5.78. The molecule has 0 N–H and O–H groups in total. The minimum absolute atomic E-state index is 0.00900. The van der Waals surface area contributed by atoms with Crippen molar-refractivity contribution in [2.24, 2.45) is 0 Å². The molecule has 126 valence electrons. The zero-order valence-corrected chi connectivity index (χ0v) is 13.5. The molecule has 1 aliphatic rings. The van der Waals surface area contributed by atoms with Crippen molar-refractivity contribution in [1.29, 1.82) is 0 Å². The summed E-state index contributed by atoms with van der Waals surface area (Å²) >= 11 is 0. The first-order valence-corrected chi connectivity index (χ1v) is 8.24. The lowest BCUT2D eigenvalue weighted by Gasteiger charge is -2.34. The number of hydrogen-bond acceptors (Lipinski definition) is 3. The Bertz CT molecular complexity index is 651. The second-order valence-corrected chi connectivity index (χ2v) is 5.78. The fourth-order valence-electron chi connectivity index (χ4n) is 3.18. The summed E-state index contributed by atoms with van der Waals surface area (Å²) in [5.74, 6) is 0.0930. The maximum absolute atomic E-state index is 12.8. The molecule has 0 spiro atoms. The predicted molar refractivity (Wildman–Crippen MR) is 89.0 cm³/mol. The molecule has 0 saturated carbocycles. The highest BCUT2D eigenvalue weighted by Crippen LogP contribution is 2.38. The summed E-state index contributed by atoms with van der Waals surface area (Å²) in [4.78, 5) is 18.6. The van der Waals surface area contributed by atoms with Crippen molar-refractivity contribution in [2.75, 3.05) is 19.8 Å². The van der Waals surface area contributed by atoms with Crippen LogP contribution in [0, 0.1) is 0 Å². The van der Waals surface area contributed by atoms with E-state index in [0.717, 1.165) is 17.7 Å². The van der Waals surface area contributed by atoms with Crippen molar-refractivity contribution in [2.45, 2.75) is 25.0 Å². The number of carbonyl (C=O) groups excluding carboxylic acids is 1. The summed E-state index contributed by atoms with van der Waals surface area (Å²) < 4.78 is 18.6. The summed E-state index contributed by atoms with van der Waals surface area (Å²) in [6, 6.07) is 14.9. The molecule has 2 aromatic rings. The number of pyridine rings is 1. The molecule has 0 unspecified atom stereocenters. The number of rotatable bonds is 7. The van der Waals surface area contributed by atoms with E-state index in [1.807, 2.05) is 53.4 Å². The van der Waals surface area contributed by atoms with Crippen LogP contribution in [0.5, 0.6) is 0 Å². The maximum Gasteiger partial charge on any atom is 0.223 e. The molecular formula is C19H21FN2O2. The van der Waals surface area contributed by atoms with E-state index in [0.29, 0.717) is 13.0 Å². The van der Waals surface area contributed by atoms with Crippen LogP contribution in [0.15, 0.2) is 54.7 Å². The highest BCUT2D eigenvalue weighted by molar-refractivity contribution is 5.78. The Kier molecular flexibility index (Phi) is 5.54. The van der Waals surface area contributed by atoms with E-state index in [9.17, 15) is 9.18 Å². The standard InChI is InChI=1S/C19H21FN2O2/c20-11-14-24-19(15-7-2-1-3-8-15)18(16-9-4-5-12-21-16)22-13-6-10-17(22)23/h1-5,7-9,12,18-19H,6,10-11,13-14H2/t18-,19+/m0/s1. The van der Waals surface area contributed by atoms with E-state index in [4.69, 9.17) is 4.74 Å². The summed E-state index contributed by atoms with van der Waals surface area (Å²) in [7, 11) is 0. The lowest BCUT2D eigenvalue weighted by molar-refractivity contribution is -0.134. The molecule has 0 bridgehead atoms. The number of ether oxygens (including phenoxy) is 1. The van der Waals surface area contributed by atoms with E-state index < -0.39 is 12.8 Å². The number of benzene rings is 1. The normalized spacial score (nSPS) is 17.0. The van der Waals surface area contributed by atoms with Gasteiger partial charge < -0.3 is 9.64 Å². The summed E-state index contributed by atoms with van der Waals surface area (Å²) in [6.07, 6.45) is 2.62. The lowest BCUT2D eigenvalue weighted by atomic mass is 9.97. The maximum atomic E-state index is 12.8. The van der Waals surface area contributed by atoms with Crippen molar-refractivity contribution in [3.63, 3.8) is 0 Å². The van der Waals surface area contributed by atoms with Crippen LogP contribution in [0.1, 0.15) is 36.2 Å². The van der Waals surface area contributed by atoms with E-state index in [1.165, 1.54) is 0 Å². The molecule has 1 amide bonds. The Morgan fingerprint density at radius 3 is 2.58 bits per heavy atom. The van der Waals surface area contributed by atoms with Crippen LogP contribution < -0.4 is 0 Å². The number of likely N-dealkylation sites (tertiary alicyclic amines) is 1. The molecule has 1 aromatic heterocycles. The number of halogens is 1. The van der Waals surface area contributed by atoms with Gasteiger partial charge in [0.15, 0.2) is 0 Å². The van der Waals surface area contributed by atoms with Crippen LogP contribution in [-0.2, 0) is 9.53 Å². The first kappa shape index (κ1) is 16.6. The number of nitrogens with zero attached hydrogens (tertiary/aromatic N) is 2. The van der Waals surface area contributed by atoms with Gasteiger partial charge in [0.25, 0.3) is 0 Å². The third-order valence-electron chi connectivity index (χ3n) is 4.23. The molecule has 24 heavy (non-hydrogen) atoms. The highest BCUT2D eigenvalue weighted by atomic mass is 19.1. The number of alkyl halides is 1. The molecule has 1 aliphatic heterocycles. The smallest absolute Gasteiger partial charge is 0.223 e. The summed E-state index contributed by atoms with van der Waals surface area (Å²) in [6.45, 7) is 0.0968. The van der Waals surface area contributed by atoms with Crippen LogP contribution >= 0.6 is 0 Å². The molecule has 1 fully saturated rings. The van der Waals surface area contributed by atoms with Gasteiger partial charge >= 0.3 is 0 Å². The number of carbonyl (C=O) groups is 1. The van der Waals surface area contributed by atoms with Crippen molar-refractivity contribution >= 4 is 5.91 Å². The molecular weight excluding hydrogens is 307 g/mol. The van der Waals surface area contributed by atoms with Crippen LogP contribution in [-0.4, -0.2) is 35.6 Å². The fraction of sp³-hybridized carbons (Fsp3) is 0.368. The minimum atomic E-state index is -0.563. The van der Waals surface area contributed by atoms with Gasteiger partial charge in [-0.15, -0.1) is 0 Å². The van der Waals surface area contributed by atoms with Gasteiger partial charge in [0.2, 0.25) is 5.91 Å². The van der Waals surface area contributed by atoms with Gasteiger partial charge in [-0.1, -0.05) is 36.4 Å². The number of amides is 1. The topological polar surface area (TPSA) is 42.4 Å². The average Bonchev–Trinajstić information content (AvgIpc) is 3.05. The van der Waals surface area contributed by atoms with E-state index in [1.54, 1.807) is 6.20 Å². The Morgan fingerprint density at radius 2 is 1.96 bits per heavy atom. The van der Waals surface area contributed by atoms with Crippen LogP contribution in [0.25, 0.3) is 0 Å². The van der Waals surface area contributed by atoms with Gasteiger partial charge in [-0.25, -0.2) is 4.39 Å². The Hall–Kier alpha value is -2.27. The zero-order chi connectivity index (χ0) is 16.8. The van der Waals surface area contributed by atoms with Gasteiger partial charge in [-0.2, -0.15) is 0 Å². The highest BCUT2D eigenvalue weighted by Gasteiger charge is 2.36. The summed E-state index contributed by atoms with van der Waals surface area (Å²) in [5, 5.41) is 0. The largest absolute Gasteiger partial charge is 0.368 e. The van der Waals surface area contributed by atoms with Gasteiger partial charge in [0, 0.05) is 19.2 Å². The second kappa shape index (κ2) is 8.02. The van der Waals surface area contributed by atoms with E-state index >= 15 is 0 Å². The van der Waals surface area contributed by atoms with Gasteiger partial charge in [0.1, 0.15) is 18.8 Å². The Morgan fingerprint density at radius 1 is 1.17 bits per heavy atom. The first-order valence-electron chi connectivity index (χ1n) is 8.24.